The van der Waals surface area contributed by atoms with Crippen LogP contribution in [0.2, 0.25) is 0 Å². The van der Waals surface area contributed by atoms with Crippen LogP contribution in [0.4, 0.5) is 11.6 Å². The number of rotatable bonds is 6. The second kappa shape index (κ2) is 6.75. The molecule has 0 unspecified atom stereocenters. The largest absolute Gasteiger partial charge is 0.497 e. The first-order valence-corrected chi connectivity index (χ1v) is 6.71. The molecule has 0 saturated heterocycles. The highest BCUT2D eigenvalue weighted by atomic mass is 16.5. The minimum Gasteiger partial charge on any atom is -0.497 e. The third-order valence-corrected chi connectivity index (χ3v) is 2.90. The van der Waals surface area contributed by atoms with Crippen LogP contribution in [0.15, 0.2) is 30.3 Å². The van der Waals surface area contributed by atoms with Gasteiger partial charge in [-0.2, -0.15) is 0 Å². The Hall–Kier alpha value is -2.30. The summed E-state index contributed by atoms with van der Waals surface area (Å²) in [6.07, 6.45) is 1.84. The zero-order valence-electron chi connectivity index (χ0n) is 11.9. The first-order valence-electron chi connectivity index (χ1n) is 6.71. The summed E-state index contributed by atoms with van der Waals surface area (Å²) >= 11 is 0. The molecule has 0 amide bonds. The highest BCUT2D eigenvalue weighted by molar-refractivity contribution is 5.45. The van der Waals surface area contributed by atoms with E-state index in [1.807, 2.05) is 24.3 Å². The van der Waals surface area contributed by atoms with Gasteiger partial charge in [0, 0.05) is 19.0 Å². The highest BCUT2D eigenvalue weighted by Gasteiger charge is 2.02. The molecule has 0 fully saturated rings. The molecule has 5 nitrogen and oxygen atoms in total. The Morgan fingerprint density at radius 3 is 2.60 bits per heavy atom. The Morgan fingerprint density at radius 2 is 1.95 bits per heavy atom. The summed E-state index contributed by atoms with van der Waals surface area (Å²) in [5, 5.41) is 3.27. The summed E-state index contributed by atoms with van der Waals surface area (Å²) < 4.78 is 5.13. The quantitative estimate of drug-likeness (QED) is 0.845. The van der Waals surface area contributed by atoms with Gasteiger partial charge in [0.1, 0.15) is 23.2 Å². The number of benzene rings is 1. The number of ether oxygens (including phenoxy) is 1. The Balaban J connectivity index is 2.02. The molecule has 3 N–H and O–H groups in total. The maximum atomic E-state index is 5.79. The van der Waals surface area contributed by atoms with Gasteiger partial charge in [-0.1, -0.05) is 19.1 Å². The average Bonchev–Trinajstić information content (AvgIpc) is 2.45. The lowest BCUT2D eigenvalue weighted by Crippen LogP contribution is -2.06. The maximum absolute atomic E-state index is 5.79. The normalized spacial score (nSPS) is 10.3. The predicted molar refractivity (Wildman–Crippen MR) is 80.8 cm³/mol. The molecule has 0 radical (unpaired) electrons. The predicted octanol–water partition coefficient (Wildman–Crippen LogP) is 2.63. The van der Waals surface area contributed by atoms with Gasteiger partial charge in [0.15, 0.2) is 0 Å². The topological polar surface area (TPSA) is 73.1 Å². The molecular formula is C15H20N4O. The van der Waals surface area contributed by atoms with Crippen molar-refractivity contribution in [3.05, 3.63) is 41.7 Å². The van der Waals surface area contributed by atoms with Crippen molar-refractivity contribution in [1.82, 2.24) is 9.97 Å². The van der Waals surface area contributed by atoms with E-state index in [1.54, 1.807) is 13.2 Å². The number of nitrogens with zero attached hydrogens (tertiary/aromatic N) is 2. The van der Waals surface area contributed by atoms with E-state index in [0.29, 0.717) is 12.4 Å². The van der Waals surface area contributed by atoms with E-state index in [2.05, 4.69) is 22.2 Å². The second-order valence-electron chi connectivity index (χ2n) is 4.55. The number of nitrogens with one attached hydrogen (secondary N) is 1. The van der Waals surface area contributed by atoms with Gasteiger partial charge >= 0.3 is 0 Å². The summed E-state index contributed by atoms with van der Waals surface area (Å²) in [5.74, 6) is 2.90. The number of nitrogen functional groups attached to an aromatic ring is 1. The molecule has 1 heterocycles. The van der Waals surface area contributed by atoms with Gasteiger partial charge in [0.05, 0.1) is 7.11 Å². The molecule has 5 heteroatoms. The lowest BCUT2D eigenvalue weighted by molar-refractivity contribution is 0.414. The third-order valence-electron chi connectivity index (χ3n) is 2.90. The zero-order chi connectivity index (χ0) is 14.4. The van der Waals surface area contributed by atoms with E-state index in [1.165, 1.54) is 0 Å². The smallest absolute Gasteiger partial charge is 0.133 e. The molecule has 106 valence electrons. The summed E-state index contributed by atoms with van der Waals surface area (Å²) in [4.78, 5) is 8.66. The van der Waals surface area contributed by atoms with E-state index in [4.69, 9.17) is 10.5 Å². The van der Waals surface area contributed by atoms with Crippen molar-refractivity contribution < 1.29 is 4.74 Å². The standard InChI is InChI=1S/C15H20N4O/c1-3-4-14-18-13(16)9-15(19-14)17-10-11-5-7-12(20-2)8-6-11/h5-9H,3-4,10H2,1-2H3,(H3,16,17,18,19). The van der Waals surface area contributed by atoms with Crippen molar-refractivity contribution in [2.24, 2.45) is 0 Å². The van der Waals surface area contributed by atoms with E-state index in [0.717, 1.165) is 35.8 Å². The SMILES string of the molecule is CCCc1nc(N)cc(NCc2ccc(OC)cc2)n1. The van der Waals surface area contributed by atoms with Gasteiger partial charge in [-0.15, -0.1) is 0 Å². The number of hydrogen-bond acceptors (Lipinski definition) is 5. The Labute approximate surface area is 119 Å². The highest BCUT2D eigenvalue weighted by Crippen LogP contribution is 2.14. The van der Waals surface area contributed by atoms with Gasteiger partial charge < -0.3 is 15.8 Å². The summed E-state index contributed by atoms with van der Waals surface area (Å²) in [6.45, 7) is 2.78. The monoisotopic (exact) mass is 272 g/mol. The average molecular weight is 272 g/mol. The van der Waals surface area contributed by atoms with Crippen LogP contribution in [0.5, 0.6) is 5.75 Å². The van der Waals surface area contributed by atoms with Crippen LogP contribution in [0.25, 0.3) is 0 Å². The van der Waals surface area contributed by atoms with Crippen LogP contribution in [0.3, 0.4) is 0 Å². The van der Waals surface area contributed by atoms with Crippen molar-refractivity contribution in [3.8, 4) is 5.75 Å². The van der Waals surface area contributed by atoms with Crippen LogP contribution in [-0.2, 0) is 13.0 Å². The fraction of sp³-hybridized carbons (Fsp3) is 0.333. The van der Waals surface area contributed by atoms with Crippen molar-refractivity contribution in [1.29, 1.82) is 0 Å². The number of hydrogen-bond donors (Lipinski definition) is 2. The molecule has 0 saturated carbocycles. The summed E-state index contributed by atoms with van der Waals surface area (Å²) in [5.41, 5.74) is 6.94. The molecule has 2 rings (SSSR count). The zero-order valence-corrected chi connectivity index (χ0v) is 11.9. The summed E-state index contributed by atoms with van der Waals surface area (Å²) in [7, 11) is 1.66. The van der Waals surface area contributed by atoms with Gasteiger partial charge in [-0.25, -0.2) is 9.97 Å². The van der Waals surface area contributed by atoms with Crippen LogP contribution >= 0.6 is 0 Å². The summed E-state index contributed by atoms with van der Waals surface area (Å²) in [6, 6.07) is 9.66. The van der Waals surface area contributed by atoms with Crippen molar-refractivity contribution in [2.45, 2.75) is 26.3 Å². The molecule has 0 atom stereocenters. The molecule has 0 aliphatic carbocycles. The van der Waals surface area contributed by atoms with Crippen LogP contribution in [-0.4, -0.2) is 17.1 Å². The van der Waals surface area contributed by atoms with Crippen LogP contribution in [0, 0.1) is 0 Å². The molecule has 1 aromatic carbocycles. The van der Waals surface area contributed by atoms with Crippen LogP contribution in [0.1, 0.15) is 24.7 Å². The van der Waals surface area contributed by atoms with Crippen LogP contribution < -0.4 is 15.8 Å². The van der Waals surface area contributed by atoms with Gasteiger partial charge in [-0.05, 0) is 24.1 Å². The molecule has 0 bridgehead atoms. The molecule has 0 spiro atoms. The first-order chi connectivity index (χ1) is 9.71. The minimum atomic E-state index is 0.501. The lowest BCUT2D eigenvalue weighted by atomic mass is 10.2. The Bertz CT molecular complexity index is 554. The fourth-order valence-electron chi connectivity index (χ4n) is 1.88. The molecule has 0 aliphatic heterocycles. The second-order valence-corrected chi connectivity index (χ2v) is 4.55. The van der Waals surface area contributed by atoms with E-state index in [9.17, 15) is 0 Å². The molecule has 20 heavy (non-hydrogen) atoms. The van der Waals surface area contributed by atoms with Crippen molar-refractivity contribution in [2.75, 3.05) is 18.2 Å². The fourth-order valence-corrected chi connectivity index (χ4v) is 1.88. The maximum Gasteiger partial charge on any atom is 0.133 e. The molecular weight excluding hydrogens is 252 g/mol. The van der Waals surface area contributed by atoms with Gasteiger partial charge in [0.2, 0.25) is 0 Å². The minimum absolute atomic E-state index is 0.501. The van der Waals surface area contributed by atoms with Gasteiger partial charge in [-0.3, -0.25) is 0 Å². The number of aryl methyl sites for hydroxylation is 1. The number of aromatic nitrogens is 2. The molecule has 2 aromatic rings. The number of anilines is 2. The molecule has 1 aromatic heterocycles. The first kappa shape index (κ1) is 14.1. The molecule has 0 aliphatic rings. The lowest BCUT2D eigenvalue weighted by Gasteiger charge is -2.08. The number of nitrogens with two attached hydrogens (primary N) is 1. The van der Waals surface area contributed by atoms with E-state index in [-0.39, 0.29) is 0 Å². The van der Waals surface area contributed by atoms with Gasteiger partial charge in [0.25, 0.3) is 0 Å². The van der Waals surface area contributed by atoms with Crippen molar-refractivity contribution in [3.63, 3.8) is 0 Å². The number of methoxy groups -OCH3 is 1. The van der Waals surface area contributed by atoms with E-state index < -0.39 is 0 Å². The Morgan fingerprint density at radius 1 is 1.20 bits per heavy atom. The van der Waals surface area contributed by atoms with Crippen molar-refractivity contribution >= 4 is 11.6 Å². The van der Waals surface area contributed by atoms with E-state index >= 15 is 0 Å². The third kappa shape index (κ3) is 3.85. The Kier molecular flexibility index (Phi) is 4.76.